The molecule has 0 amide bonds. The molecule has 1 aromatic heterocycles. The van der Waals surface area contributed by atoms with Crippen LogP contribution >= 0.6 is 24.8 Å². The molecule has 1 fully saturated rings. The minimum Gasteiger partial charge on any atom is -0.378 e. The first-order valence-corrected chi connectivity index (χ1v) is 10.1. The van der Waals surface area contributed by atoms with Gasteiger partial charge in [-0.2, -0.15) is 0 Å². The zero-order valence-corrected chi connectivity index (χ0v) is 19.5. The van der Waals surface area contributed by atoms with Gasteiger partial charge in [0.1, 0.15) is 5.82 Å². The first-order valence-electron chi connectivity index (χ1n) is 10.1. The summed E-state index contributed by atoms with van der Waals surface area (Å²) in [6.45, 7) is 7.40. The fraction of sp³-hybridized carbons (Fsp3) is 0.348. The van der Waals surface area contributed by atoms with Gasteiger partial charge in [0.25, 0.3) is 6.43 Å². The number of piperazine rings is 1. The molecule has 2 aromatic carbocycles. The monoisotopic (exact) mass is 486 g/mol. The summed E-state index contributed by atoms with van der Waals surface area (Å²) in [6.07, 6.45) is -2.84. The predicted molar refractivity (Wildman–Crippen MR) is 129 cm³/mol. The summed E-state index contributed by atoms with van der Waals surface area (Å²) >= 11 is 0. The molecular weight excluding hydrogens is 460 g/mol. The van der Waals surface area contributed by atoms with Crippen molar-refractivity contribution < 1.29 is 13.2 Å². The topological polar surface area (TPSA) is 40.2 Å². The maximum atomic E-state index is 14.6. The first kappa shape index (κ1) is 26.0. The largest absolute Gasteiger partial charge is 0.378 e. The third-order valence-electron chi connectivity index (χ3n) is 5.53. The second kappa shape index (κ2) is 11.1. The molecule has 4 rings (SSSR count). The first-order chi connectivity index (χ1) is 14.4. The number of anilines is 2. The molecule has 1 aliphatic rings. The van der Waals surface area contributed by atoms with Crippen molar-refractivity contribution >= 4 is 47.1 Å². The van der Waals surface area contributed by atoms with Crippen LogP contribution in [0.25, 0.3) is 10.9 Å². The molecule has 3 aromatic rings. The van der Waals surface area contributed by atoms with Crippen molar-refractivity contribution in [3.8, 4) is 0 Å². The number of alkyl halides is 2. The van der Waals surface area contributed by atoms with Crippen molar-refractivity contribution in [3.05, 3.63) is 65.1 Å². The Morgan fingerprint density at radius 1 is 1.03 bits per heavy atom. The van der Waals surface area contributed by atoms with Crippen LogP contribution in [0.4, 0.5) is 24.5 Å². The average molecular weight is 487 g/mol. The van der Waals surface area contributed by atoms with Crippen molar-refractivity contribution in [1.29, 1.82) is 0 Å². The number of fused-ring (bicyclic) bond motifs is 1. The van der Waals surface area contributed by atoms with E-state index in [0.29, 0.717) is 0 Å². The van der Waals surface area contributed by atoms with Crippen molar-refractivity contribution in [2.45, 2.75) is 26.3 Å². The highest BCUT2D eigenvalue weighted by atomic mass is 35.5. The summed E-state index contributed by atoms with van der Waals surface area (Å²) in [5.74, 6) is -0.857. The third-order valence-corrected chi connectivity index (χ3v) is 5.53. The van der Waals surface area contributed by atoms with Gasteiger partial charge in [0.05, 0.1) is 17.1 Å². The zero-order valence-electron chi connectivity index (χ0n) is 17.9. The van der Waals surface area contributed by atoms with Gasteiger partial charge in [0.15, 0.2) is 0 Å². The van der Waals surface area contributed by atoms with Crippen LogP contribution in [0.15, 0.2) is 42.5 Å². The van der Waals surface area contributed by atoms with E-state index in [0.717, 1.165) is 60.2 Å². The van der Waals surface area contributed by atoms with Gasteiger partial charge in [-0.15, -0.1) is 24.8 Å². The molecule has 1 saturated heterocycles. The average Bonchev–Trinajstić information content (AvgIpc) is 2.74. The Morgan fingerprint density at radius 2 is 1.72 bits per heavy atom. The third kappa shape index (κ3) is 5.39. The Kier molecular flexibility index (Phi) is 9.01. The van der Waals surface area contributed by atoms with E-state index in [9.17, 15) is 13.2 Å². The Bertz CT molecular complexity index is 1060. The summed E-state index contributed by atoms with van der Waals surface area (Å²) in [7, 11) is 0. The van der Waals surface area contributed by atoms with Crippen molar-refractivity contribution in [2.75, 3.05) is 36.4 Å². The van der Waals surface area contributed by atoms with Crippen LogP contribution in [-0.2, 0) is 0 Å². The standard InChI is InChI=1S/C23H25F3N4.2ClH/c1-14-12-21(29-15(2)17-4-3-5-18(22(17)24)23(25)26)19-13-16(6-7-20(19)28-14)30-10-8-27-9-11-30;;/h3-7,12-13,15,23,27H,8-11H2,1-2H3,(H,28,29);2*1H/t15-;;/m1../s1. The van der Waals surface area contributed by atoms with Gasteiger partial charge in [0.2, 0.25) is 0 Å². The van der Waals surface area contributed by atoms with Crippen LogP contribution in [0, 0.1) is 12.7 Å². The quantitative estimate of drug-likeness (QED) is 0.460. The second-order valence-corrected chi connectivity index (χ2v) is 7.67. The van der Waals surface area contributed by atoms with Crippen LogP contribution in [0.2, 0.25) is 0 Å². The molecular formula is C23H27Cl2F3N4. The lowest BCUT2D eigenvalue weighted by molar-refractivity contribution is 0.146. The summed E-state index contributed by atoms with van der Waals surface area (Å²) in [5.41, 5.74) is 3.23. The highest BCUT2D eigenvalue weighted by Gasteiger charge is 2.20. The number of benzene rings is 2. The van der Waals surface area contributed by atoms with Gasteiger partial charge in [0, 0.05) is 54.2 Å². The number of aromatic nitrogens is 1. The molecule has 1 atom stereocenters. The number of pyridine rings is 1. The number of aryl methyl sites for hydroxylation is 1. The number of rotatable bonds is 5. The number of hydrogen-bond donors (Lipinski definition) is 2. The van der Waals surface area contributed by atoms with E-state index in [4.69, 9.17) is 0 Å². The van der Waals surface area contributed by atoms with Gasteiger partial charge >= 0.3 is 0 Å². The second-order valence-electron chi connectivity index (χ2n) is 7.67. The van der Waals surface area contributed by atoms with E-state index in [1.165, 1.54) is 6.07 Å². The maximum absolute atomic E-state index is 14.6. The molecule has 0 spiro atoms. The summed E-state index contributed by atoms with van der Waals surface area (Å²) in [4.78, 5) is 6.93. The SMILES string of the molecule is Cc1cc(N[C@H](C)c2cccc(C(F)F)c2F)c2cc(N3CCNCC3)ccc2n1.Cl.Cl. The zero-order chi connectivity index (χ0) is 21.3. The number of halogens is 5. The van der Waals surface area contributed by atoms with E-state index >= 15 is 0 Å². The van der Waals surface area contributed by atoms with Crippen molar-refractivity contribution in [1.82, 2.24) is 10.3 Å². The van der Waals surface area contributed by atoms with E-state index in [2.05, 4.69) is 32.7 Å². The fourth-order valence-electron chi connectivity index (χ4n) is 3.97. The minimum absolute atomic E-state index is 0. The highest BCUT2D eigenvalue weighted by Crippen LogP contribution is 2.33. The summed E-state index contributed by atoms with van der Waals surface area (Å²) in [6, 6.07) is 11.7. The molecule has 0 bridgehead atoms. The van der Waals surface area contributed by atoms with E-state index in [-0.39, 0.29) is 30.4 Å². The molecule has 0 unspecified atom stereocenters. The molecule has 0 saturated carbocycles. The number of hydrogen-bond acceptors (Lipinski definition) is 4. The lowest BCUT2D eigenvalue weighted by Gasteiger charge is -2.30. The Morgan fingerprint density at radius 3 is 2.41 bits per heavy atom. The van der Waals surface area contributed by atoms with Gasteiger partial charge in [-0.1, -0.05) is 18.2 Å². The molecule has 174 valence electrons. The molecule has 0 radical (unpaired) electrons. The molecule has 4 nitrogen and oxygen atoms in total. The maximum Gasteiger partial charge on any atom is 0.266 e. The van der Waals surface area contributed by atoms with Crippen LogP contribution in [0.3, 0.4) is 0 Å². The van der Waals surface area contributed by atoms with Crippen LogP contribution in [0.1, 0.15) is 36.2 Å². The smallest absolute Gasteiger partial charge is 0.266 e. The molecule has 1 aliphatic heterocycles. The van der Waals surface area contributed by atoms with Gasteiger partial charge in [-0.25, -0.2) is 13.2 Å². The Balaban J connectivity index is 0.00000181. The van der Waals surface area contributed by atoms with Gasteiger partial charge in [-0.05, 0) is 38.1 Å². The molecule has 9 heteroatoms. The highest BCUT2D eigenvalue weighted by molar-refractivity contribution is 5.94. The Labute approximate surface area is 198 Å². The minimum atomic E-state index is -2.84. The van der Waals surface area contributed by atoms with E-state index in [1.807, 2.05) is 19.1 Å². The van der Waals surface area contributed by atoms with Crippen molar-refractivity contribution in [2.24, 2.45) is 0 Å². The summed E-state index contributed by atoms with van der Waals surface area (Å²) in [5, 5.41) is 7.60. The van der Waals surface area contributed by atoms with Gasteiger partial charge < -0.3 is 15.5 Å². The van der Waals surface area contributed by atoms with Crippen LogP contribution in [-0.4, -0.2) is 31.2 Å². The fourth-order valence-corrected chi connectivity index (χ4v) is 3.97. The van der Waals surface area contributed by atoms with Crippen LogP contribution in [0.5, 0.6) is 0 Å². The van der Waals surface area contributed by atoms with Crippen LogP contribution < -0.4 is 15.5 Å². The lowest BCUT2D eigenvalue weighted by atomic mass is 10.0. The lowest BCUT2D eigenvalue weighted by Crippen LogP contribution is -2.43. The van der Waals surface area contributed by atoms with Gasteiger partial charge in [-0.3, -0.25) is 4.98 Å². The number of nitrogens with one attached hydrogen (secondary N) is 2. The van der Waals surface area contributed by atoms with E-state index < -0.39 is 23.8 Å². The molecule has 2 N–H and O–H groups in total. The molecule has 0 aliphatic carbocycles. The Hall–Kier alpha value is -2.22. The summed E-state index contributed by atoms with van der Waals surface area (Å²) < 4.78 is 40.8. The normalized spacial score (nSPS) is 14.6. The number of nitrogens with zero attached hydrogens (tertiary/aromatic N) is 2. The molecule has 32 heavy (non-hydrogen) atoms. The van der Waals surface area contributed by atoms with Crippen molar-refractivity contribution in [3.63, 3.8) is 0 Å². The predicted octanol–water partition coefficient (Wildman–Crippen LogP) is 6.05. The molecule has 2 heterocycles. The van der Waals surface area contributed by atoms with E-state index in [1.54, 1.807) is 13.0 Å².